The van der Waals surface area contributed by atoms with Crippen LogP contribution in [0.1, 0.15) is 39.0 Å². The zero-order valence-corrected chi connectivity index (χ0v) is 11.1. The zero-order chi connectivity index (χ0) is 13.8. The summed E-state index contributed by atoms with van der Waals surface area (Å²) in [5.74, 6) is 2.15. The van der Waals surface area contributed by atoms with Gasteiger partial charge in [0, 0.05) is 6.42 Å². The topological polar surface area (TPSA) is 43.4 Å². The molecule has 0 aromatic carbocycles. The molecule has 0 spiro atoms. The molecule has 0 aromatic rings. The summed E-state index contributed by atoms with van der Waals surface area (Å²) in [6, 6.07) is 0. The normalized spacial score (nSPS) is 26.7. The van der Waals surface area contributed by atoms with Gasteiger partial charge in [0.05, 0.1) is 7.11 Å². The van der Waals surface area contributed by atoms with Crippen LogP contribution in [0, 0.1) is 23.7 Å². The van der Waals surface area contributed by atoms with E-state index >= 15 is 0 Å². The maximum absolute atomic E-state index is 11.9. The molecule has 1 fully saturated rings. The van der Waals surface area contributed by atoms with Crippen LogP contribution in [-0.4, -0.2) is 18.9 Å². The minimum atomic E-state index is -1.12. The molecule has 0 N–H and O–H groups in total. The van der Waals surface area contributed by atoms with Crippen LogP contribution in [0.5, 0.6) is 0 Å². The molecule has 1 saturated carbocycles. The average Bonchev–Trinajstić information content (AvgIpc) is 2.68. The smallest absolute Gasteiger partial charge is 0.323 e. The number of rotatable bonds is 5. The van der Waals surface area contributed by atoms with Crippen LogP contribution in [0.2, 0.25) is 0 Å². The lowest BCUT2D eigenvalue weighted by Gasteiger charge is -2.25. The zero-order valence-electron chi connectivity index (χ0n) is 11.1. The molecular weight excluding hydrogens is 228 g/mol. The summed E-state index contributed by atoms with van der Waals surface area (Å²) in [5, 5.41) is 0. The van der Waals surface area contributed by atoms with Crippen molar-refractivity contribution in [3.8, 4) is 12.3 Å². The first-order valence-corrected chi connectivity index (χ1v) is 6.23. The first-order valence-electron chi connectivity index (χ1n) is 6.23. The van der Waals surface area contributed by atoms with Gasteiger partial charge in [-0.3, -0.25) is 9.59 Å². The van der Waals surface area contributed by atoms with E-state index < -0.39 is 11.4 Å². The van der Waals surface area contributed by atoms with E-state index in [2.05, 4.69) is 12.5 Å². The Balaban J connectivity index is 2.85. The molecule has 0 heterocycles. The van der Waals surface area contributed by atoms with Crippen molar-refractivity contribution in [2.24, 2.45) is 11.3 Å². The number of hydrogen-bond acceptors (Lipinski definition) is 3. The summed E-state index contributed by atoms with van der Waals surface area (Å²) in [6.07, 6.45) is 9.03. The number of methoxy groups -OCH3 is 1. The molecule has 0 aliphatic heterocycles. The molecule has 18 heavy (non-hydrogen) atoms. The highest BCUT2D eigenvalue weighted by Gasteiger charge is 2.52. The van der Waals surface area contributed by atoms with Gasteiger partial charge in [0.1, 0.15) is 5.41 Å². The molecule has 0 unspecified atom stereocenters. The number of esters is 1. The number of hydrogen-bond donors (Lipinski definition) is 0. The van der Waals surface area contributed by atoms with Gasteiger partial charge in [0.2, 0.25) is 0 Å². The third-order valence-electron chi connectivity index (χ3n) is 3.92. The Kier molecular flexibility index (Phi) is 4.72. The minimum absolute atomic E-state index is 0.168. The summed E-state index contributed by atoms with van der Waals surface area (Å²) < 4.78 is 4.79. The van der Waals surface area contributed by atoms with Crippen LogP contribution in [0.25, 0.3) is 0 Å². The van der Waals surface area contributed by atoms with E-state index in [9.17, 15) is 9.59 Å². The highest BCUT2D eigenvalue weighted by Crippen LogP contribution is 2.49. The minimum Gasteiger partial charge on any atom is -0.468 e. The maximum atomic E-state index is 11.9. The Morgan fingerprint density at radius 1 is 1.61 bits per heavy atom. The van der Waals surface area contributed by atoms with Gasteiger partial charge in [-0.2, -0.15) is 0 Å². The first kappa shape index (κ1) is 14.5. The third kappa shape index (κ3) is 2.33. The number of carbonyl (C=O) groups excluding carboxylic acids is 2. The quantitative estimate of drug-likeness (QED) is 0.247. The number of carbonyl (C=O) groups is 2. The van der Waals surface area contributed by atoms with Crippen molar-refractivity contribution < 1.29 is 14.3 Å². The van der Waals surface area contributed by atoms with Gasteiger partial charge in [-0.25, -0.2) is 0 Å². The van der Waals surface area contributed by atoms with Crippen LogP contribution in [0.15, 0.2) is 12.2 Å². The largest absolute Gasteiger partial charge is 0.468 e. The number of ether oxygens (including phenoxy) is 1. The first-order chi connectivity index (χ1) is 8.50. The van der Waals surface area contributed by atoms with Crippen LogP contribution in [0.3, 0.4) is 0 Å². The summed E-state index contributed by atoms with van der Waals surface area (Å²) in [6.45, 7) is 5.42. The van der Waals surface area contributed by atoms with Crippen molar-refractivity contribution in [1.82, 2.24) is 0 Å². The van der Waals surface area contributed by atoms with Crippen molar-refractivity contribution >= 4 is 11.8 Å². The van der Waals surface area contributed by atoms with Gasteiger partial charge in [-0.15, -0.1) is 12.3 Å². The van der Waals surface area contributed by atoms with Gasteiger partial charge < -0.3 is 4.74 Å². The fraction of sp³-hybridized carbons (Fsp3) is 0.600. The van der Waals surface area contributed by atoms with Crippen molar-refractivity contribution in [3.63, 3.8) is 0 Å². The Labute approximate surface area is 109 Å². The fourth-order valence-electron chi connectivity index (χ4n) is 2.80. The highest BCUT2D eigenvalue weighted by molar-refractivity contribution is 6.06. The summed E-state index contributed by atoms with van der Waals surface area (Å²) in [7, 11) is 1.31. The van der Waals surface area contributed by atoms with E-state index in [1.807, 2.05) is 0 Å². The lowest BCUT2D eigenvalue weighted by atomic mass is 9.77. The average molecular weight is 248 g/mol. The molecule has 1 aliphatic carbocycles. The molecule has 0 bridgehead atoms. The van der Waals surface area contributed by atoms with E-state index in [0.717, 1.165) is 25.7 Å². The Bertz CT molecular complexity index is 402. The SMILES string of the molecule is C#CCCC[C@H]1CC[C@@](C(C)=O)(C(=O)OC)C1=C. The van der Waals surface area contributed by atoms with Gasteiger partial charge in [0.25, 0.3) is 0 Å². The molecule has 3 nitrogen and oxygen atoms in total. The summed E-state index contributed by atoms with van der Waals surface area (Å²) in [5.41, 5.74) is -0.408. The van der Waals surface area contributed by atoms with Crippen LogP contribution in [0.4, 0.5) is 0 Å². The number of terminal acetylenes is 1. The monoisotopic (exact) mass is 248 g/mol. The number of unbranched alkanes of at least 4 members (excludes halogenated alkanes) is 1. The molecule has 1 aliphatic rings. The Morgan fingerprint density at radius 3 is 2.78 bits per heavy atom. The van der Waals surface area contributed by atoms with Crippen molar-refractivity contribution in [3.05, 3.63) is 12.2 Å². The molecule has 1 rings (SSSR count). The lowest BCUT2D eigenvalue weighted by Crippen LogP contribution is -2.38. The number of ketones is 1. The van der Waals surface area contributed by atoms with Gasteiger partial charge in [-0.05, 0) is 44.1 Å². The fourth-order valence-corrected chi connectivity index (χ4v) is 2.80. The Hall–Kier alpha value is -1.56. The van der Waals surface area contributed by atoms with Gasteiger partial charge in [0.15, 0.2) is 5.78 Å². The molecule has 98 valence electrons. The van der Waals surface area contributed by atoms with Gasteiger partial charge >= 0.3 is 5.97 Å². The third-order valence-corrected chi connectivity index (χ3v) is 3.92. The molecule has 0 aromatic heterocycles. The van der Waals surface area contributed by atoms with E-state index in [-0.39, 0.29) is 11.7 Å². The molecule has 2 atom stereocenters. The van der Waals surface area contributed by atoms with Crippen molar-refractivity contribution in [2.75, 3.05) is 7.11 Å². The van der Waals surface area contributed by atoms with Crippen LogP contribution < -0.4 is 0 Å². The van der Waals surface area contributed by atoms with E-state index in [4.69, 9.17) is 11.2 Å². The second-order valence-electron chi connectivity index (χ2n) is 4.81. The lowest BCUT2D eigenvalue weighted by molar-refractivity contribution is -0.154. The van der Waals surface area contributed by atoms with Crippen molar-refractivity contribution in [1.29, 1.82) is 0 Å². The highest BCUT2D eigenvalue weighted by atomic mass is 16.5. The van der Waals surface area contributed by atoms with Crippen LogP contribution >= 0.6 is 0 Å². The maximum Gasteiger partial charge on any atom is 0.323 e. The summed E-state index contributed by atoms with van der Waals surface area (Å²) >= 11 is 0. The predicted octanol–water partition coefficient (Wildman–Crippen LogP) is 2.50. The predicted molar refractivity (Wildman–Crippen MR) is 69.7 cm³/mol. The van der Waals surface area contributed by atoms with Crippen LogP contribution in [-0.2, 0) is 14.3 Å². The summed E-state index contributed by atoms with van der Waals surface area (Å²) in [4.78, 5) is 23.8. The van der Waals surface area contributed by atoms with Gasteiger partial charge in [-0.1, -0.05) is 6.58 Å². The molecular formula is C15H20O3. The molecule has 3 heteroatoms. The van der Waals surface area contributed by atoms with E-state index in [1.165, 1.54) is 14.0 Å². The van der Waals surface area contributed by atoms with Crippen molar-refractivity contribution in [2.45, 2.75) is 39.0 Å². The number of Topliss-reactive ketones (excluding diaryl/α,β-unsaturated/α-hetero) is 1. The van der Waals surface area contributed by atoms with E-state index in [1.54, 1.807) is 0 Å². The molecule has 0 saturated heterocycles. The standard InChI is InChI=1S/C15H20O3/c1-5-6-7-8-13-9-10-15(11(13)2,12(3)16)14(17)18-4/h1,13H,2,6-10H2,3-4H3/t13-,15+/m0/s1. The second-order valence-corrected chi connectivity index (χ2v) is 4.81. The Morgan fingerprint density at radius 2 is 2.28 bits per heavy atom. The molecule has 0 amide bonds. The second kappa shape index (κ2) is 5.86. The molecule has 0 radical (unpaired) electrons. The van der Waals surface area contributed by atoms with E-state index in [0.29, 0.717) is 12.0 Å².